The Balaban J connectivity index is 1.57. The highest BCUT2D eigenvalue weighted by Crippen LogP contribution is 2.45. The lowest BCUT2D eigenvalue weighted by atomic mass is 9.88. The van der Waals surface area contributed by atoms with Gasteiger partial charge in [0.2, 0.25) is 0 Å². The van der Waals surface area contributed by atoms with Crippen molar-refractivity contribution in [2.45, 2.75) is 13.0 Å². The van der Waals surface area contributed by atoms with Gasteiger partial charge in [0.15, 0.2) is 0 Å². The van der Waals surface area contributed by atoms with Gasteiger partial charge in [-0.15, -0.1) is 0 Å². The van der Waals surface area contributed by atoms with Crippen molar-refractivity contribution in [2.24, 2.45) is 11.8 Å². The van der Waals surface area contributed by atoms with Gasteiger partial charge in [0.25, 0.3) is 5.91 Å². The number of fused-ring (bicyclic) bond motifs is 1. The number of hydrogen-bond acceptors (Lipinski definition) is 4. The summed E-state index contributed by atoms with van der Waals surface area (Å²) in [5.41, 5.74) is 8.88. The predicted molar refractivity (Wildman–Crippen MR) is 98.1 cm³/mol. The zero-order chi connectivity index (χ0) is 17.6. The Labute approximate surface area is 148 Å². The summed E-state index contributed by atoms with van der Waals surface area (Å²) in [4.78, 5) is 21.4. The fourth-order valence-electron chi connectivity index (χ4n) is 4.54. The first-order valence-corrected chi connectivity index (χ1v) is 8.82. The number of nitrogens with zero attached hydrogens (tertiary/aromatic N) is 3. The molecule has 0 unspecified atom stereocenters. The van der Waals surface area contributed by atoms with Crippen molar-refractivity contribution in [3.05, 3.63) is 59.3 Å². The first-order chi connectivity index (χ1) is 12.0. The Morgan fingerprint density at radius 3 is 2.68 bits per heavy atom. The average Bonchev–Trinajstić information content (AvgIpc) is 3.12. The molecule has 25 heavy (non-hydrogen) atoms. The Morgan fingerprint density at radius 1 is 1.12 bits per heavy atom. The monoisotopic (exact) mass is 336 g/mol. The van der Waals surface area contributed by atoms with E-state index in [1.165, 1.54) is 11.1 Å². The molecule has 2 saturated heterocycles. The van der Waals surface area contributed by atoms with Crippen molar-refractivity contribution < 1.29 is 4.79 Å². The molecular weight excluding hydrogens is 312 g/mol. The van der Waals surface area contributed by atoms with E-state index in [0.29, 0.717) is 29.4 Å². The van der Waals surface area contributed by atoms with Crippen LogP contribution in [0.1, 0.15) is 27.7 Å². The highest BCUT2D eigenvalue weighted by atomic mass is 16.2. The Morgan fingerprint density at radius 2 is 1.92 bits per heavy atom. The van der Waals surface area contributed by atoms with Gasteiger partial charge in [-0.1, -0.05) is 30.3 Å². The maximum Gasteiger partial charge on any atom is 0.272 e. The van der Waals surface area contributed by atoms with Crippen molar-refractivity contribution in [3.8, 4) is 0 Å². The van der Waals surface area contributed by atoms with Crippen molar-refractivity contribution in [1.29, 1.82) is 0 Å². The molecule has 1 aromatic heterocycles. The van der Waals surface area contributed by atoms with E-state index < -0.39 is 0 Å². The largest absolute Gasteiger partial charge is 0.384 e. The molecule has 1 amide bonds. The lowest BCUT2D eigenvalue weighted by molar-refractivity contribution is 0.0762. The molecule has 2 aromatic rings. The topological polar surface area (TPSA) is 62.5 Å². The molecule has 2 fully saturated rings. The molecule has 0 bridgehead atoms. The number of pyridine rings is 1. The highest BCUT2D eigenvalue weighted by molar-refractivity contribution is 5.92. The van der Waals surface area contributed by atoms with Crippen molar-refractivity contribution in [3.63, 3.8) is 0 Å². The maximum absolute atomic E-state index is 12.8. The van der Waals surface area contributed by atoms with Crippen molar-refractivity contribution >= 4 is 11.7 Å². The zero-order valence-electron chi connectivity index (χ0n) is 14.7. The lowest BCUT2D eigenvalue weighted by Gasteiger charge is -2.28. The Kier molecular flexibility index (Phi) is 3.96. The van der Waals surface area contributed by atoms with E-state index in [9.17, 15) is 4.79 Å². The van der Waals surface area contributed by atoms with Crippen LogP contribution in [0.15, 0.2) is 42.5 Å². The van der Waals surface area contributed by atoms with Crippen LogP contribution in [-0.4, -0.2) is 47.4 Å². The zero-order valence-corrected chi connectivity index (χ0v) is 14.7. The van der Waals surface area contributed by atoms with Gasteiger partial charge in [0.1, 0.15) is 11.5 Å². The smallest absolute Gasteiger partial charge is 0.272 e. The highest BCUT2D eigenvalue weighted by Gasteiger charge is 2.47. The summed E-state index contributed by atoms with van der Waals surface area (Å²) in [7, 11) is 2.20. The van der Waals surface area contributed by atoms with Crippen molar-refractivity contribution in [2.75, 3.05) is 32.4 Å². The molecule has 1 aromatic carbocycles. The summed E-state index contributed by atoms with van der Waals surface area (Å²) in [6.07, 6.45) is 0. The third kappa shape index (κ3) is 2.78. The molecule has 2 aliphatic rings. The number of aryl methyl sites for hydroxylation is 1. The fraction of sp³-hybridized carbons (Fsp3) is 0.400. The second kappa shape index (κ2) is 6.15. The number of nitrogens with two attached hydrogens (primary N) is 1. The number of amides is 1. The van der Waals surface area contributed by atoms with Crippen LogP contribution < -0.4 is 5.73 Å². The van der Waals surface area contributed by atoms with E-state index in [2.05, 4.69) is 48.1 Å². The third-order valence-corrected chi connectivity index (χ3v) is 5.68. The summed E-state index contributed by atoms with van der Waals surface area (Å²) in [6, 6.07) is 14.2. The van der Waals surface area contributed by atoms with Gasteiger partial charge < -0.3 is 10.6 Å². The third-order valence-electron chi connectivity index (χ3n) is 5.68. The minimum Gasteiger partial charge on any atom is -0.384 e. The molecule has 2 N–H and O–H groups in total. The molecule has 3 atom stereocenters. The number of nitrogen functional groups attached to an aromatic ring is 1. The van der Waals surface area contributed by atoms with Crippen LogP contribution in [0.4, 0.5) is 5.82 Å². The van der Waals surface area contributed by atoms with Gasteiger partial charge in [-0.2, -0.15) is 0 Å². The van der Waals surface area contributed by atoms with Crippen LogP contribution in [-0.2, 0) is 0 Å². The quantitative estimate of drug-likeness (QED) is 0.914. The number of likely N-dealkylation sites (tertiary alicyclic amines) is 2. The average molecular weight is 336 g/mol. The van der Waals surface area contributed by atoms with E-state index in [-0.39, 0.29) is 5.91 Å². The van der Waals surface area contributed by atoms with Crippen LogP contribution in [0.25, 0.3) is 0 Å². The molecule has 0 spiro atoms. The standard InChI is InChI=1S/C20H24N4O/c1-13-6-3-4-7-15(13)19-16-12-24(11-14(16)10-23(19)2)20(25)17-8-5-9-18(21)22-17/h3-9,14,16,19H,10-12H2,1-2H3,(H2,21,22)/t14-,16+,19+/m0/s1. The van der Waals surface area contributed by atoms with E-state index in [1.807, 2.05) is 4.90 Å². The van der Waals surface area contributed by atoms with Crippen LogP contribution in [0, 0.1) is 18.8 Å². The van der Waals surface area contributed by atoms with Crippen LogP contribution in [0.2, 0.25) is 0 Å². The summed E-state index contributed by atoms with van der Waals surface area (Å²) in [5.74, 6) is 1.37. The second-order valence-corrected chi connectivity index (χ2v) is 7.32. The van der Waals surface area contributed by atoms with E-state index >= 15 is 0 Å². The molecule has 0 saturated carbocycles. The SMILES string of the molecule is Cc1ccccc1[C@@H]1[C@@H]2CN(C(=O)c3cccc(N)n3)C[C@@H]2CN1C. The Bertz CT molecular complexity index is 806. The summed E-state index contributed by atoms with van der Waals surface area (Å²) in [6.45, 7) is 4.78. The minimum absolute atomic E-state index is 0.00659. The number of carbonyl (C=O) groups excluding carboxylic acids is 1. The van der Waals surface area contributed by atoms with Gasteiger partial charge in [0.05, 0.1) is 0 Å². The van der Waals surface area contributed by atoms with Crippen LogP contribution in [0.3, 0.4) is 0 Å². The molecule has 5 heteroatoms. The summed E-state index contributed by atoms with van der Waals surface area (Å²) >= 11 is 0. The summed E-state index contributed by atoms with van der Waals surface area (Å²) < 4.78 is 0. The van der Waals surface area contributed by atoms with Crippen molar-refractivity contribution in [1.82, 2.24) is 14.8 Å². The molecule has 4 rings (SSSR count). The molecule has 130 valence electrons. The van der Waals surface area contributed by atoms with Gasteiger partial charge in [-0.05, 0) is 43.1 Å². The molecule has 2 aliphatic heterocycles. The van der Waals surface area contributed by atoms with Crippen LogP contribution >= 0.6 is 0 Å². The molecular formula is C20H24N4O. The van der Waals surface area contributed by atoms with E-state index in [1.54, 1.807) is 18.2 Å². The van der Waals surface area contributed by atoms with Gasteiger partial charge >= 0.3 is 0 Å². The Hall–Kier alpha value is -2.40. The van der Waals surface area contributed by atoms with Crippen LogP contribution in [0.5, 0.6) is 0 Å². The van der Waals surface area contributed by atoms with E-state index in [0.717, 1.165) is 19.6 Å². The predicted octanol–water partition coefficient (Wildman–Crippen LogP) is 2.35. The number of aromatic nitrogens is 1. The molecule has 0 radical (unpaired) electrons. The van der Waals surface area contributed by atoms with Gasteiger partial charge in [0, 0.05) is 31.6 Å². The molecule has 0 aliphatic carbocycles. The molecule has 5 nitrogen and oxygen atoms in total. The minimum atomic E-state index is -0.00659. The molecule has 3 heterocycles. The first kappa shape index (κ1) is 16.1. The number of carbonyl (C=O) groups is 1. The lowest BCUT2D eigenvalue weighted by Crippen LogP contribution is -2.34. The summed E-state index contributed by atoms with van der Waals surface area (Å²) in [5, 5.41) is 0. The fourth-order valence-corrected chi connectivity index (χ4v) is 4.54. The number of hydrogen-bond donors (Lipinski definition) is 1. The number of anilines is 1. The van der Waals surface area contributed by atoms with Gasteiger partial charge in [-0.3, -0.25) is 9.69 Å². The number of benzene rings is 1. The van der Waals surface area contributed by atoms with Gasteiger partial charge in [-0.25, -0.2) is 4.98 Å². The number of rotatable bonds is 2. The first-order valence-electron chi connectivity index (χ1n) is 8.82. The normalized spacial score (nSPS) is 26.0. The van der Waals surface area contributed by atoms with E-state index in [4.69, 9.17) is 5.73 Å². The second-order valence-electron chi connectivity index (χ2n) is 7.32. The maximum atomic E-state index is 12.8.